The molecule has 1 aromatic heterocycles. The number of piperazine rings is 1. The minimum atomic E-state index is -3.82. The van der Waals surface area contributed by atoms with Crippen LogP contribution >= 0.6 is 11.3 Å². The average molecular weight is 593 g/mol. The van der Waals surface area contributed by atoms with Crippen LogP contribution < -0.4 is 10.6 Å². The van der Waals surface area contributed by atoms with Crippen molar-refractivity contribution in [1.82, 2.24) is 14.5 Å². The second-order valence-electron chi connectivity index (χ2n) is 11.0. The summed E-state index contributed by atoms with van der Waals surface area (Å²) in [5.74, 6) is -0.994. The maximum absolute atomic E-state index is 13.2. The molecule has 4 rings (SSSR count). The Morgan fingerprint density at radius 2 is 1.68 bits per heavy atom. The Morgan fingerprint density at radius 1 is 1.05 bits per heavy atom. The van der Waals surface area contributed by atoms with E-state index in [9.17, 15) is 22.8 Å². The first-order valence-electron chi connectivity index (χ1n) is 13.1. The number of fused-ring (bicyclic) bond motifs is 1. The summed E-state index contributed by atoms with van der Waals surface area (Å²) >= 11 is 1.33. The molecule has 0 spiro atoms. The van der Waals surface area contributed by atoms with Gasteiger partial charge in [0.15, 0.2) is 0 Å². The van der Waals surface area contributed by atoms with Crippen LogP contribution in [0.25, 0.3) is 0 Å². The first-order valence-corrected chi connectivity index (χ1v) is 15.3. The van der Waals surface area contributed by atoms with E-state index < -0.39 is 33.5 Å². The van der Waals surface area contributed by atoms with Crippen molar-refractivity contribution in [1.29, 1.82) is 0 Å². The maximum Gasteiger partial charge on any atom is 0.409 e. The van der Waals surface area contributed by atoms with Crippen molar-refractivity contribution >= 4 is 44.3 Å². The van der Waals surface area contributed by atoms with E-state index in [1.54, 1.807) is 6.92 Å². The number of carbonyl (C=O) groups is 3. The minimum absolute atomic E-state index is 0.0468. The molecule has 40 heavy (non-hydrogen) atoms. The van der Waals surface area contributed by atoms with E-state index >= 15 is 0 Å². The van der Waals surface area contributed by atoms with Crippen LogP contribution in [-0.2, 0) is 31.5 Å². The Balaban J connectivity index is 1.52. The highest BCUT2D eigenvalue weighted by Crippen LogP contribution is 2.45. The molecule has 218 valence electrons. The van der Waals surface area contributed by atoms with Gasteiger partial charge in [-0.25, -0.2) is 18.0 Å². The fourth-order valence-corrected chi connectivity index (χ4v) is 8.04. The lowest BCUT2D eigenvalue weighted by atomic mass is 9.81. The summed E-state index contributed by atoms with van der Waals surface area (Å²) in [6.07, 6.45) is 0.129. The zero-order valence-electron chi connectivity index (χ0n) is 23.6. The second-order valence-corrected chi connectivity index (χ2v) is 13.9. The number of thiophene rings is 1. The van der Waals surface area contributed by atoms with E-state index in [2.05, 4.69) is 24.5 Å². The van der Waals surface area contributed by atoms with E-state index in [-0.39, 0.29) is 48.8 Å². The Bertz CT molecular complexity index is 1410. The van der Waals surface area contributed by atoms with E-state index in [0.29, 0.717) is 17.0 Å². The van der Waals surface area contributed by atoms with Gasteiger partial charge in [0.2, 0.25) is 10.0 Å². The quantitative estimate of drug-likeness (QED) is 0.488. The summed E-state index contributed by atoms with van der Waals surface area (Å²) in [7, 11) is -2.50. The highest BCUT2D eigenvalue weighted by molar-refractivity contribution is 7.89. The van der Waals surface area contributed by atoms with Crippen molar-refractivity contribution < 1.29 is 32.3 Å². The summed E-state index contributed by atoms with van der Waals surface area (Å²) in [6, 6.07) is 5.66. The number of hydrogen-bond donors (Lipinski definition) is 2. The Kier molecular flexibility index (Phi) is 8.32. The van der Waals surface area contributed by atoms with E-state index in [1.165, 1.54) is 51.9 Å². The highest BCUT2D eigenvalue weighted by atomic mass is 32.2. The summed E-state index contributed by atoms with van der Waals surface area (Å²) < 4.78 is 37.7. The predicted octanol–water partition coefficient (Wildman–Crippen LogP) is 3.41. The Labute approximate surface area is 238 Å². The molecule has 11 nitrogen and oxygen atoms in total. The molecular formula is C27H36N4O7S2. The lowest BCUT2D eigenvalue weighted by Gasteiger charge is -2.42. The largest absolute Gasteiger partial charge is 0.465 e. The molecule has 0 radical (unpaired) electrons. The zero-order chi connectivity index (χ0) is 29.5. The lowest BCUT2D eigenvalue weighted by Crippen LogP contribution is -2.55. The van der Waals surface area contributed by atoms with Crippen LogP contribution in [0.4, 0.5) is 9.80 Å². The molecule has 2 aliphatic heterocycles. The van der Waals surface area contributed by atoms with Gasteiger partial charge in [0, 0.05) is 47.7 Å². The molecular weight excluding hydrogens is 556 g/mol. The van der Waals surface area contributed by atoms with Gasteiger partial charge in [0.25, 0.3) is 5.91 Å². The van der Waals surface area contributed by atoms with Crippen LogP contribution in [0.15, 0.2) is 29.2 Å². The third-order valence-electron chi connectivity index (χ3n) is 6.98. The van der Waals surface area contributed by atoms with Gasteiger partial charge in [0.1, 0.15) is 5.00 Å². The first kappa shape index (κ1) is 30.0. The third-order valence-corrected chi connectivity index (χ3v) is 10.4. The van der Waals surface area contributed by atoms with Gasteiger partial charge < -0.3 is 25.0 Å². The van der Waals surface area contributed by atoms with Crippen molar-refractivity contribution in [2.45, 2.75) is 57.0 Å². The SMILES string of the molecule is CCOC(=O)N1CCN(S(=O)(=O)c2ccc(C(=O)Nc3sc4c(c3C(=O)OC)CC(C)(C)NC4(C)C)cc2)CC1. The summed E-state index contributed by atoms with van der Waals surface area (Å²) in [5.41, 5.74) is 0.746. The van der Waals surface area contributed by atoms with Gasteiger partial charge in [-0.05, 0) is 70.9 Å². The zero-order valence-corrected chi connectivity index (χ0v) is 25.3. The van der Waals surface area contributed by atoms with E-state index in [0.717, 1.165) is 10.4 Å². The third kappa shape index (κ3) is 5.87. The molecule has 2 aliphatic rings. The number of rotatable bonds is 6. The number of amides is 2. The summed E-state index contributed by atoms with van der Waals surface area (Å²) in [4.78, 5) is 40.4. The van der Waals surface area contributed by atoms with Crippen molar-refractivity contribution in [3.8, 4) is 0 Å². The number of sulfonamides is 1. The smallest absolute Gasteiger partial charge is 0.409 e. The molecule has 0 aliphatic carbocycles. The van der Waals surface area contributed by atoms with Crippen molar-refractivity contribution in [3.05, 3.63) is 45.8 Å². The van der Waals surface area contributed by atoms with Crippen LogP contribution in [0, 0.1) is 0 Å². The number of ether oxygens (including phenoxy) is 2. The summed E-state index contributed by atoms with van der Waals surface area (Å²) in [5, 5.41) is 6.84. The molecule has 2 amide bonds. The fourth-order valence-electron chi connectivity index (χ4n) is 5.36. The molecule has 13 heteroatoms. The average Bonchev–Trinajstić information content (AvgIpc) is 3.25. The molecule has 2 aromatic rings. The van der Waals surface area contributed by atoms with Gasteiger partial charge in [-0.1, -0.05) is 0 Å². The number of benzene rings is 1. The standard InChI is InChI=1S/C27H36N4O7S2/c1-7-38-25(34)30-12-14-31(15-13-30)40(35,36)18-10-8-17(9-11-18)22(32)28-23-20(24(33)37-6)19-16-26(2,3)29-27(4,5)21(19)39-23/h8-11,29H,7,12-16H2,1-6H3,(H,28,32). The number of esters is 1. The van der Waals surface area contributed by atoms with Crippen molar-refractivity contribution in [2.24, 2.45) is 0 Å². The monoisotopic (exact) mass is 592 g/mol. The van der Waals surface area contributed by atoms with Gasteiger partial charge in [0.05, 0.1) is 24.2 Å². The molecule has 0 atom stereocenters. The normalized spacial score (nSPS) is 18.5. The molecule has 0 unspecified atom stereocenters. The fraction of sp³-hybridized carbons (Fsp3) is 0.519. The number of hydrogen-bond acceptors (Lipinski definition) is 9. The van der Waals surface area contributed by atoms with Crippen molar-refractivity contribution in [3.63, 3.8) is 0 Å². The predicted molar refractivity (Wildman–Crippen MR) is 151 cm³/mol. The molecule has 0 bridgehead atoms. The van der Waals surface area contributed by atoms with Gasteiger partial charge in [-0.2, -0.15) is 4.31 Å². The lowest BCUT2D eigenvalue weighted by molar-refractivity contribution is 0.0600. The molecule has 1 aromatic carbocycles. The van der Waals surface area contributed by atoms with Gasteiger partial charge >= 0.3 is 12.1 Å². The molecule has 3 heterocycles. The minimum Gasteiger partial charge on any atom is -0.465 e. The first-order chi connectivity index (χ1) is 18.7. The van der Waals surface area contributed by atoms with Gasteiger partial charge in [-0.3, -0.25) is 4.79 Å². The van der Waals surface area contributed by atoms with Crippen LogP contribution in [0.5, 0.6) is 0 Å². The number of nitrogens with one attached hydrogen (secondary N) is 2. The van der Waals surface area contributed by atoms with Crippen LogP contribution in [0.2, 0.25) is 0 Å². The Morgan fingerprint density at radius 3 is 2.25 bits per heavy atom. The van der Waals surface area contributed by atoms with Crippen LogP contribution in [0.3, 0.4) is 0 Å². The maximum atomic E-state index is 13.2. The molecule has 1 fully saturated rings. The Hall–Kier alpha value is -3.00. The molecule has 1 saturated heterocycles. The number of carbonyl (C=O) groups excluding carboxylic acids is 3. The van der Waals surface area contributed by atoms with Gasteiger partial charge in [-0.15, -0.1) is 11.3 Å². The highest BCUT2D eigenvalue weighted by Gasteiger charge is 2.42. The number of anilines is 1. The van der Waals surface area contributed by atoms with Crippen molar-refractivity contribution in [2.75, 3.05) is 45.2 Å². The van der Waals surface area contributed by atoms with E-state index in [1.807, 2.05) is 13.8 Å². The van der Waals surface area contributed by atoms with Crippen LogP contribution in [0.1, 0.15) is 65.8 Å². The number of methoxy groups -OCH3 is 1. The molecule has 0 saturated carbocycles. The van der Waals surface area contributed by atoms with E-state index in [4.69, 9.17) is 9.47 Å². The summed E-state index contributed by atoms with van der Waals surface area (Å²) in [6.45, 7) is 10.9. The second kappa shape index (κ2) is 11.1. The number of nitrogens with zero attached hydrogens (tertiary/aromatic N) is 2. The topological polar surface area (TPSA) is 134 Å². The molecule has 2 N–H and O–H groups in total. The van der Waals surface area contributed by atoms with Crippen LogP contribution in [-0.4, -0.2) is 81.0 Å².